The van der Waals surface area contributed by atoms with Gasteiger partial charge in [0.25, 0.3) is 0 Å². The van der Waals surface area contributed by atoms with Gasteiger partial charge in [-0.25, -0.2) is 4.98 Å². The van der Waals surface area contributed by atoms with E-state index in [1.807, 2.05) is 12.3 Å². The van der Waals surface area contributed by atoms with Gasteiger partial charge >= 0.3 is 0 Å². The summed E-state index contributed by atoms with van der Waals surface area (Å²) in [6.45, 7) is 5.03. The van der Waals surface area contributed by atoms with Gasteiger partial charge in [-0.1, -0.05) is 97.1 Å². The molecule has 296 valence electrons. The van der Waals surface area contributed by atoms with Gasteiger partial charge < -0.3 is 19.1 Å². The van der Waals surface area contributed by atoms with Gasteiger partial charge in [0.2, 0.25) is 0 Å². The summed E-state index contributed by atoms with van der Waals surface area (Å²) in [7, 11) is 0. The molecule has 8 aromatic carbocycles. The van der Waals surface area contributed by atoms with Crippen LogP contribution in [0.1, 0.15) is 11.1 Å². The van der Waals surface area contributed by atoms with Crippen molar-refractivity contribution < 1.29 is 4.74 Å². The number of benzene rings is 8. The van der Waals surface area contributed by atoms with Gasteiger partial charge in [0.05, 0.1) is 39.1 Å². The Bertz CT molecular complexity index is 3470. The summed E-state index contributed by atoms with van der Waals surface area (Å²) < 4.78 is 11.4. The number of aryl methyl sites for hydroxylation is 2. The third-order valence-electron chi connectivity index (χ3n) is 12.3. The molecule has 6 heteroatoms. The standard InChI is InChI=1S/C56H41N5O/c1-37-30-38(2)32-41(31-37)59-36-58(53-24-11-12-25-54(53)59)40-14-13-15-42(34-40)62-43-26-27-48-47-19-6-10-23-52(47)61(55(48)35-43)56-33-39(28-29-57-56)44-16-3-7-20-49(44)60-50-21-8-4-17-45(50)46-18-5-9-22-51(46)60/h3-35H,36H2,1-2H3. The highest BCUT2D eigenvalue weighted by Gasteiger charge is 2.28. The Labute approximate surface area is 359 Å². The van der Waals surface area contributed by atoms with Gasteiger partial charge in [-0.15, -0.1) is 0 Å². The number of para-hydroxylation sites is 6. The molecule has 0 saturated heterocycles. The van der Waals surface area contributed by atoms with E-state index in [1.54, 1.807) is 0 Å². The van der Waals surface area contributed by atoms with Crippen molar-refractivity contribution in [2.45, 2.75) is 13.8 Å². The van der Waals surface area contributed by atoms with Crippen molar-refractivity contribution in [3.63, 3.8) is 0 Å². The summed E-state index contributed by atoms with van der Waals surface area (Å²) in [5.41, 5.74) is 14.9. The lowest BCUT2D eigenvalue weighted by Gasteiger charge is -2.23. The zero-order valence-corrected chi connectivity index (χ0v) is 34.4. The quantitative estimate of drug-likeness (QED) is 0.161. The third kappa shape index (κ3) is 5.83. The van der Waals surface area contributed by atoms with Crippen LogP contribution in [-0.2, 0) is 0 Å². The smallest absolute Gasteiger partial charge is 0.138 e. The molecule has 0 saturated carbocycles. The molecule has 11 aromatic rings. The predicted molar refractivity (Wildman–Crippen MR) is 256 cm³/mol. The molecule has 3 aromatic heterocycles. The van der Waals surface area contributed by atoms with Gasteiger partial charge in [0.1, 0.15) is 24.0 Å². The molecule has 0 radical (unpaired) electrons. The lowest BCUT2D eigenvalue weighted by molar-refractivity contribution is 0.483. The second-order valence-corrected chi connectivity index (χ2v) is 16.3. The van der Waals surface area contributed by atoms with Gasteiger partial charge in [-0.2, -0.15) is 0 Å². The lowest BCUT2D eigenvalue weighted by Crippen LogP contribution is -2.24. The maximum absolute atomic E-state index is 6.75. The molecular formula is C56H41N5O. The van der Waals surface area contributed by atoms with Gasteiger partial charge in [-0.05, 0) is 115 Å². The van der Waals surface area contributed by atoms with Crippen molar-refractivity contribution in [3.8, 4) is 34.1 Å². The Hall–Kier alpha value is -8.09. The van der Waals surface area contributed by atoms with Crippen LogP contribution in [0.3, 0.4) is 0 Å². The Morgan fingerprint density at radius 2 is 0.984 bits per heavy atom. The Balaban J connectivity index is 0.924. The largest absolute Gasteiger partial charge is 0.457 e. The Morgan fingerprint density at radius 1 is 0.419 bits per heavy atom. The van der Waals surface area contributed by atoms with E-state index in [0.717, 1.165) is 61.6 Å². The number of hydrogen-bond donors (Lipinski definition) is 0. The van der Waals surface area contributed by atoms with Crippen LogP contribution in [0.4, 0.5) is 22.7 Å². The second kappa shape index (κ2) is 14.3. The molecule has 1 aliphatic rings. The molecular weight excluding hydrogens is 759 g/mol. The summed E-state index contributed by atoms with van der Waals surface area (Å²) in [5, 5.41) is 4.78. The highest BCUT2D eigenvalue weighted by Crippen LogP contribution is 2.45. The number of nitrogens with zero attached hydrogens (tertiary/aromatic N) is 5. The van der Waals surface area contributed by atoms with Crippen LogP contribution in [0.25, 0.3) is 66.2 Å². The summed E-state index contributed by atoms with van der Waals surface area (Å²) in [6, 6.07) is 69.1. The van der Waals surface area contributed by atoms with Gasteiger partial charge in [0.15, 0.2) is 0 Å². The highest BCUT2D eigenvalue weighted by molar-refractivity contribution is 6.11. The highest BCUT2D eigenvalue weighted by atomic mass is 16.5. The number of pyridine rings is 1. The number of ether oxygens (including phenoxy) is 1. The number of anilines is 4. The van der Waals surface area contributed by atoms with E-state index in [4.69, 9.17) is 9.72 Å². The molecule has 0 amide bonds. The molecule has 0 N–H and O–H groups in total. The minimum atomic E-state index is 0.701. The SMILES string of the molecule is Cc1cc(C)cc(N2CN(c3cccc(Oc4ccc5c6ccccc6n(-c6cc(-c7ccccc7-n7c8ccccc8c8ccccc87)ccn6)c5c4)c3)c3ccccc32)c1. The molecule has 12 rings (SSSR count). The second-order valence-electron chi connectivity index (χ2n) is 16.3. The van der Waals surface area contributed by atoms with Crippen LogP contribution in [0.5, 0.6) is 11.5 Å². The predicted octanol–water partition coefficient (Wildman–Crippen LogP) is 14.6. The van der Waals surface area contributed by atoms with Crippen LogP contribution in [0, 0.1) is 13.8 Å². The first-order valence-electron chi connectivity index (χ1n) is 21.1. The van der Waals surface area contributed by atoms with Crippen molar-refractivity contribution in [2.75, 3.05) is 16.5 Å². The summed E-state index contributed by atoms with van der Waals surface area (Å²) >= 11 is 0. The Morgan fingerprint density at radius 3 is 1.68 bits per heavy atom. The summed E-state index contributed by atoms with van der Waals surface area (Å²) in [5.74, 6) is 2.37. The monoisotopic (exact) mass is 799 g/mol. The first kappa shape index (κ1) is 35.8. The molecule has 0 unspecified atom stereocenters. The maximum Gasteiger partial charge on any atom is 0.138 e. The molecule has 1 aliphatic heterocycles. The van der Waals surface area contributed by atoms with Gasteiger partial charge in [0, 0.05) is 56.8 Å². The average molecular weight is 800 g/mol. The van der Waals surface area contributed by atoms with Crippen molar-refractivity contribution in [1.82, 2.24) is 14.1 Å². The van der Waals surface area contributed by atoms with E-state index in [2.05, 4.69) is 221 Å². The fourth-order valence-electron chi connectivity index (χ4n) is 9.68. The van der Waals surface area contributed by atoms with Crippen molar-refractivity contribution >= 4 is 66.4 Å². The fraction of sp³-hybridized carbons (Fsp3) is 0.0536. The average Bonchev–Trinajstić information content (AvgIpc) is 3.97. The first-order chi connectivity index (χ1) is 30.6. The molecule has 0 atom stereocenters. The van der Waals surface area contributed by atoms with Crippen molar-refractivity contribution in [3.05, 3.63) is 211 Å². The van der Waals surface area contributed by atoms with E-state index in [1.165, 1.54) is 50.0 Å². The first-order valence-corrected chi connectivity index (χ1v) is 21.1. The molecule has 4 heterocycles. The lowest BCUT2D eigenvalue weighted by atomic mass is 10.0. The summed E-state index contributed by atoms with van der Waals surface area (Å²) in [6.07, 6.45) is 1.93. The van der Waals surface area contributed by atoms with E-state index in [9.17, 15) is 0 Å². The number of hydrogen-bond acceptors (Lipinski definition) is 4. The van der Waals surface area contributed by atoms with Crippen LogP contribution >= 0.6 is 0 Å². The normalized spacial score (nSPS) is 12.5. The number of aromatic nitrogens is 3. The molecule has 0 fully saturated rings. The molecule has 0 bridgehead atoms. The minimum absolute atomic E-state index is 0.701. The van der Waals surface area contributed by atoms with Crippen LogP contribution in [0.2, 0.25) is 0 Å². The van der Waals surface area contributed by atoms with Crippen LogP contribution in [-0.4, -0.2) is 20.8 Å². The number of fused-ring (bicyclic) bond motifs is 7. The van der Waals surface area contributed by atoms with Crippen LogP contribution < -0.4 is 14.5 Å². The zero-order valence-electron chi connectivity index (χ0n) is 34.4. The van der Waals surface area contributed by atoms with E-state index < -0.39 is 0 Å². The molecule has 0 spiro atoms. The molecule has 0 aliphatic carbocycles. The Kier molecular flexibility index (Phi) is 8.25. The maximum atomic E-state index is 6.75. The zero-order chi connectivity index (χ0) is 41.3. The van der Waals surface area contributed by atoms with Crippen molar-refractivity contribution in [1.29, 1.82) is 0 Å². The minimum Gasteiger partial charge on any atom is -0.457 e. The fourth-order valence-corrected chi connectivity index (χ4v) is 9.68. The third-order valence-corrected chi connectivity index (χ3v) is 12.3. The van der Waals surface area contributed by atoms with Crippen molar-refractivity contribution in [2.24, 2.45) is 0 Å². The van der Waals surface area contributed by atoms with E-state index in [-0.39, 0.29) is 0 Å². The number of rotatable bonds is 7. The van der Waals surface area contributed by atoms with E-state index in [0.29, 0.717) is 6.67 Å². The topological polar surface area (TPSA) is 38.5 Å². The van der Waals surface area contributed by atoms with E-state index >= 15 is 0 Å². The molecule has 62 heavy (non-hydrogen) atoms. The molecule has 6 nitrogen and oxygen atoms in total. The van der Waals surface area contributed by atoms with Crippen LogP contribution in [0.15, 0.2) is 200 Å². The van der Waals surface area contributed by atoms with Gasteiger partial charge in [-0.3, -0.25) is 4.57 Å². The summed E-state index contributed by atoms with van der Waals surface area (Å²) in [4.78, 5) is 9.78.